The molecule has 3 nitrogen and oxygen atoms in total. The van der Waals surface area contributed by atoms with Crippen LogP contribution in [0.2, 0.25) is 0 Å². The summed E-state index contributed by atoms with van der Waals surface area (Å²) in [6, 6.07) is -0.653. The van der Waals surface area contributed by atoms with Gasteiger partial charge < -0.3 is 9.88 Å². The molecule has 0 aliphatic heterocycles. The average molecular weight is 249 g/mol. The summed E-state index contributed by atoms with van der Waals surface area (Å²) in [5.74, 6) is 0. The summed E-state index contributed by atoms with van der Waals surface area (Å²) in [6.45, 7) is 5.35. The van der Waals surface area contributed by atoms with E-state index in [1.54, 1.807) is 24.7 Å². The third-order valence-corrected chi connectivity index (χ3v) is 2.93. The number of nitrogens with one attached hydrogen (secondary N) is 1. The highest BCUT2D eigenvalue weighted by Crippen LogP contribution is 2.30. The Morgan fingerprint density at radius 2 is 2.00 bits per heavy atom. The zero-order valence-corrected chi connectivity index (χ0v) is 10.5. The number of nitrogens with zero attached hydrogens (tertiary/aromatic N) is 2. The van der Waals surface area contributed by atoms with Crippen LogP contribution in [0.15, 0.2) is 12.5 Å². The predicted molar refractivity (Wildman–Crippen MR) is 59.7 cm³/mol. The molecule has 1 aromatic rings. The van der Waals surface area contributed by atoms with E-state index in [1.165, 1.54) is 6.33 Å². The summed E-state index contributed by atoms with van der Waals surface area (Å²) < 4.78 is 38.6. The molecule has 0 aliphatic rings. The molecule has 6 heteroatoms. The lowest BCUT2D eigenvalue weighted by Gasteiger charge is -2.28. The highest BCUT2D eigenvalue weighted by atomic mass is 19.4. The zero-order chi connectivity index (χ0) is 13.3. The first-order chi connectivity index (χ1) is 7.67. The Bertz CT molecular complexity index is 368. The molecular formula is C11H18F3N3. The number of aromatic nitrogens is 2. The van der Waals surface area contributed by atoms with Gasteiger partial charge in [0.25, 0.3) is 0 Å². The lowest BCUT2D eigenvalue weighted by molar-refractivity contribution is -0.141. The summed E-state index contributed by atoms with van der Waals surface area (Å²) in [6.07, 6.45) is -1.96. The Morgan fingerprint density at radius 3 is 2.47 bits per heavy atom. The fraction of sp³-hybridized carbons (Fsp3) is 0.727. The van der Waals surface area contributed by atoms with Gasteiger partial charge in [0.1, 0.15) is 0 Å². The van der Waals surface area contributed by atoms with Crippen molar-refractivity contribution in [2.45, 2.75) is 44.9 Å². The summed E-state index contributed by atoms with van der Waals surface area (Å²) in [4.78, 5) is 3.94. The predicted octanol–water partition coefficient (Wildman–Crippen LogP) is 2.85. The molecule has 17 heavy (non-hydrogen) atoms. The van der Waals surface area contributed by atoms with Crippen LogP contribution >= 0.6 is 0 Å². The van der Waals surface area contributed by atoms with Crippen LogP contribution in [-0.2, 0) is 5.54 Å². The van der Waals surface area contributed by atoms with Crippen molar-refractivity contribution < 1.29 is 13.2 Å². The minimum absolute atomic E-state index is 0.406. The van der Waals surface area contributed by atoms with Crippen LogP contribution in [0, 0.1) is 0 Å². The smallest absolute Gasteiger partial charge is 0.330 e. The van der Waals surface area contributed by atoms with Crippen molar-refractivity contribution in [3.63, 3.8) is 0 Å². The molecule has 0 spiro atoms. The third-order valence-electron chi connectivity index (χ3n) is 2.93. The molecule has 0 aromatic carbocycles. The molecule has 98 valence electrons. The molecule has 1 unspecified atom stereocenters. The van der Waals surface area contributed by atoms with Gasteiger partial charge in [-0.25, -0.2) is 4.98 Å². The largest absolute Gasteiger partial charge is 0.391 e. The molecule has 1 N–H and O–H groups in total. The van der Waals surface area contributed by atoms with Crippen molar-refractivity contribution in [2.24, 2.45) is 0 Å². The van der Waals surface area contributed by atoms with E-state index in [1.807, 2.05) is 13.8 Å². The van der Waals surface area contributed by atoms with Crippen molar-refractivity contribution in [1.29, 1.82) is 0 Å². The molecule has 0 aliphatic carbocycles. The molecule has 0 saturated carbocycles. The highest BCUT2D eigenvalue weighted by molar-refractivity contribution is 5.11. The Hall–Kier alpha value is -1.04. The van der Waals surface area contributed by atoms with E-state index in [0.29, 0.717) is 0 Å². The third kappa shape index (κ3) is 3.46. The van der Waals surface area contributed by atoms with Crippen LogP contribution in [0.25, 0.3) is 0 Å². The van der Waals surface area contributed by atoms with Crippen molar-refractivity contribution in [3.05, 3.63) is 18.2 Å². The van der Waals surface area contributed by atoms with E-state index in [4.69, 9.17) is 0 Å². The topological polar surface area (TPSA) is 29.9 Å². The molecule has 0 fully saturated rings. The van der Waals surface area contributed by atoms with Crippen LogP contribution in [0.4, 0.5) is 13.2 Å². The van der Waals surface area contributed by atoms with Gasteiger partial charge >= 0.3 is 6.18 Å². The van der Waals surface area contributed by atoms with E-state index in [-0.39, 0.29) is 0 Å². The van der Waals surface area contributed by atoms with Crippen molar-refractivity contribution in [1.82, 2.24) is 14.9 Å². The monoisotopic (exact) mass is 249 g/mol. The molecule has 0 amide bonds. The van der Waals surface area contributed by atoms with E-state index in [0.717, 1.165) is 5.69 Å². The second kappa shape index (κ2) is 4.68. The molecule has 0 saturated heterocycles. The molecule has 1 atom stereocenters. The second-order valence-electron chi connectivity index (χ2n) is 4.73. The molecule has 0 radical (unpaired) electrons. The fourth-order valence-corrected chi connectivity index (χ4v) is 1.70. The van der Waals surface area contributed by atoms with Crippen molar-refractivity contribution in [3.8, 4) is 0 Å². The van der Waals surface area contributed by atoms with Crippen LogP contribution in [0.5, 0.6) is 0 Å². The fourth-order valence-electron chi connectivity index (χ4n) is 1.70. The molecule has 1 heterocycles. The standard InChI is InChI=1S/C11H18F3N3/c1-8(5-11(12,13)14)17-7-16-6-9(17)10(2,3)15-4/h6-8,15H,5H2,1-4H3. The number of alkyl halides is 3. The van der Waals surface area contributed by atoms with Gasteiger partial charge in [0, 0.05) is 6.04 Å². The van der Waals surface area contributed by atoms with Crippen LogP contribution in [0.1, 0.15) is 38.9 Å². The Labute approximate surface area is 99.0 Å². The van der Waals surface area contributed by atoms with E-state index in [2.05, 4.69) is 10.3 Å². The maximum atomic E-state index is 12.4. The SMILES string of the molecule is CNC(C)(C)c1cncn1C(C)CC(F)(F)F. The van der Waals surface area contributed by atoms with E-state index < -0.39 is 24.2 Å². The van der Waals surface area contributed by atoms with Gasteiger partial charge in [0.2, 0.25) is 0 Å². The molecule has 1 rings (SSSR count). The average Bonchev–Trinajstić information content (AvgIpc) is 2.63. The van der Waals surface area contributed by atoms with Gasteiger partial charge in [-0.05, 0) is 27.8 Å². The molecular weight excluding hydrogens is 231 g/mol. The Kier molecular flexibility index (Phi) is 3.86. The normalized spacial score (nSPS) is 15.0. The number of hydrogen-bond acceptors (Lipinski definition) is 2. The summed E-state index contributed by atoms with van der Waals surface area (Å²) in [5.41, 5.74) is 0.341. The van der Waals surface area contributed by atoms with Gasteiger partial charge in [-0.3, -0.25) is 0 Å². The van der Waals surface area contributed by atoms with E-state index in [9.17, 15) is 13.2 Å². The van der Waals surface area contributed by atoms with Crippen LogP contribution in [-0.4, -0.2) is 22.8 Å². The highest BCUT2D eigenvalue weighted by Gasteiger charge is 2.32. The lowest BCUT2D eigenvalue weighted by atomic mass is 10.0. The van der Waals surface area contributed by atoms with Gasteiger partial charge in [-0.15, -0.1) is 0 Å². The number of imidazole rings is 1. The quantitative estimate of drug-likeness (QED) is 0.889. The van der Waals surface area contributed by atoms with Gasteiger partial charge in [-0.2, -0.15) is 13.2 Å². The first-order valence-corrected chi connectivity index (χ1v) is 5.45. The summed E-state index contributed by atoms with van der Waals surface area (Å²) in [5, 5.41) is 3.06. The lowest BCUT2D eigenvalue weighted by Crippen LogP contribution is -2.36. The minimum atomic E-state index is -4.16. The van der Waals surface area contributed by atoms with Crippen molar-refractivity contribution in [2.75, 3.05) is 7.05 Å². The number of halogens is 3. The first-order valence-electron chi connectivity index (χ1n) is 5.45. The maximum absolute atomic E-state index is 12.4. The van der Waals surface area contributed by atoms with Crippen LogP contribution < -0.4 is 5.32 Å². The molecule has 0 bridgehead atoms. The maximum Gasteiger partial charge on any atom is 0.391 e. The Balaban J connectivity index is 2.96. The number of rotatable bonds is 4. The number of hydrogen-bond donors (Lipinski definition) is 1. The summed E-state index contributed by atoms with van der Waals surface area (Å²) in [7, 11) is 1.77. The molecule has 1 aromatic heterocycles. The second-order valence-corrected chi connectivity index (χ2v) is 4.73. The Morgan fingerprint density at radius 1 is 1.41 bits per heavy atom. The van der Waals surface area contributed by atoms with Gasteiger partial charge in [0.15, 0.2) is 0 Å². The first kappa shape index (κ1) is 14.0. The minimum Gasteiger partial charge on any atom is -0.330 e. The van der Waals surface area contributed by atoms with E-state index >= 15 is 0 Å². The van der Waals surface area contributed by atoms with Crippen molar-refractivity contribution >= 4 is 0 Å². The van der Waals surface area contributed by atoms with Gasteiger partial charge in [-0.1, -0.05) is 0 Å². The summed E-state index contributed by atoms with van der Waals surface area (Å²) >= 11 is 0. The van der Waals surface area contributed by atoms with Crippen LogP contribution in [0.3, 0.4) is 0 Å². The zero-order valence-electron chi connectivity index (χ0n) is 10.5. The van der Waals surface area contributed by atoms with Gasteiger partial charge in [0.05, 0.1) is 30.2 Å².